The summed E-state index contributed by atoms with van der Waals surface area (Å²) in [5.74, 6) is 1.28. The summed E-state index contributed by atoms with van der Waals surface area (Å²) in [5.41, 5.74) is 9.33. The Hall–Kier alpha value is -2.08. The van der Waals surface area contributed by atoms with Gasteiger partial charge in [0.15, 0.2) is 0 Å². The van der Waals surface area contributed by atoms with E-state index in [9.17, 15) is 0 Å². The molecule has 2 atom stereocenters. The molecule has 2 aliphatic carbocycles. The van der Waals surface area contributed by atoms with Crippen LogP contribution in [0.15, 0.2) is 71.8 Å². The third kappa shape index (κ3) is 2.68. The summed E-state index contributed by atoms with van der Waals surface area (Å²) in [7, 11) is 0. The zero-order valence-corrected chi connectivity index (χ0v) is 15.8. The van der Waals surface area contributed by atoms with Gasteiger partial charge in [0.2, 0.25) is 0 Å². The lowest BCUT2D eigenvalue weighted by Gasteiger charge is -2.27. The van der Waals surface area contributed by atoms with E-state index in [0.29, 0.717) is 11.8 Å². The molecule has 0 amide bonds. The summed E-state index contributed by atoms with van der Waals surface area (Å²) in [6.45, 7) is 9.55. The maximum atomic E-state index is 2.42. The molecular formula is C25H28. The standard InChI is InChI=1S/C25H28/c1-17-15-16-20-21(17)23(19-13-9-6-10-14-19)24(25(2,3)4)22(20)18-11-7-5-8-12-18/h5-14,17,20H,15-16H2,1-4H3. The van der Waals surface area contributed by atoms with Gasteiger partial charge >= 0.3 is 0 Å². The Morgan fingerprint density at radius 3 is 1.88 bits per heavy atom. The molecule has 0 heterocycles. The van der Waals surface area contributed by atoms with Gasteiger partial charge in [-0.2, -0.15) is 0 Å². The Morgan fingerprint density at radius 1 is 0.760 bits per heavy atom. The van der Waals surface area contributed by atoms with Crippen molar-refractivity contribution in [3.8, 4) is 0 Å². The van der Waals surface area contributed by atoms with Crippen molar-refractivity contribution in [1.29, 1.82) is 0 Å². The molecule has 0 radical (unpaired) electrons. The van der Waals surface area contributed by atoms with Crippen LogP contribution in [0.5, 0.6) is 0 Å². The van der Waals surface area contributed by atoms with Crippen LogP contribution in [0, 0.1) is 17.3 Å². The Kier molecular flexibility index (Phi) is 3.95. The van der Waals surface area contributed by atoms with Crippen molar-refractivity contribution < 1.29 is 0 Å². The van der Waals surface area contributed by atoms with E-state index >= 15 is 0 Å². The normalized spacial score (nSPS) is 23.4. The molecule has 2 unspecified atom stereocenters. The number of hydrogen-bond donors (Lipinski definition) is 0. The molecule has 2 aliphatic rings. The predicted octanol–water partition coefficient (Wildman–Crippen LogP) is 7.00. The molecule has 4 rings (SSSR count). The number of hydrogen-bond acceptors (Lipinski definition) is 0. The van der Waals surface area contributed by atoms with Gasteiger partial charge in [0.1, 0.15) is 0 Å². The van der Waals surface area contributed by atoms with Crippen molar-refractivity contribution in [2.75, 3.05) is 0 Å². The van der Waals surface area contributed by atoms with Crippen LogP contribution in [-0.2, 0) is 0 Å². The number of allylic oxidation sites excluding steroid dienone is 4. The first-order chi connectivity index (χ1) is 12.0. The Balaban J connectivity index is 2.02. The molecule has 0 bridgehead atoms. The average Bonchev–Trinajstić information content (AvgIpc) is 3.14. The summed E-state index contributed by atoms with van der Waals surface area (Å²) in [6, 6.07) is 22.2. The van der Waals surface area contributed by atoms with Gasteiger partial charge in [-0.25, -0.2) is 0 Å². The molecule has 25 heavy (non-hydrogen) atoms. The summed E-state index contributed by atoms with van der Waals surface area (Å²) < 4.78 is 0. The fraction of sp³-hybridized carbons (Fsp3) is 0.360. The fourth-order valence-electron chi connectivity index (χ4n) is 4.90. The highest BCUT2D eigenvalue weighted by atomic mass is 14.5. The zero-order valence-electron chi connectivity index (χ0n) is 15.8. The van der Waals surface area contributed by atoms with E-state index in [0.717, 1.165) is 0 Å². The lowest BCUT2D eigenvalue weighted by atomic mass is 9.76. The van der Waals surface area contributed by atoms with Crippen LogP contribution in [0.3, 0.4) is 0 Å². The first-order valence-corrected chi connectivity index (χ1v) is 9.58. The van der Waals surface area contributed by atoms with Crippen molar-refractivity contribution in [3.63, 3.8) is 0 Å². The van der Waals surface area contributed by atoms with Gasteiger partial charge in [-0.3, -0.25) is 0 Å². The molecule has 1 saturated carbocycles. The van der Waals surface area contributed by atoms with Crippen molar-refractivity contribution >= 4 is 11.1 Å². The quantitative estimate of drug-likeness (QED) is 0.556. The van der Waals surface area contributed by atoms with E-state index in [1.165, 1.54) is 24.0 Å². The van der Waals surface area contributed by atoms with Gasteiger partial charge in [-0.1, -0.05) is 93.9 Å². The fourth-order valence-corrected chi connectivity index (χ4v) is 4.90. The van der Waals surface area contributed by atoms with E-state index in [1.807, 2.05) is 0 Å². The lowest BCUT2D eigenvalue weighted by molar-refractivity contribution is 0.521. The minimum atomic E-state index is 0.132. The van der Waals surface area contributed by atoms with E-state index in [-0.39, 0.29) is 5.41 Å². The first kappa shape index (κ1) is 16.4. The Morgan fingerprint density at radius 2 is 1.32 bits per heavy atom. The van der Waals surface area contributed by atoms with Crippen LogP contribution >= 0.6 is 0 Å². The summed E-state index contributed by atoms with van der Waals surface area (Å²) in [4.78, 5) is 0. The van der Waals surface area contributed by atoms with Crippen molar-refractivity contribution in [3.05, 3.63) is 82.9 Å². The molecule has 0 aromatic heterocycles. The van der Waals surface area contributed by atoms with Crippen LogP contribution in [-0.4, -0.2) is 0 Å². The minimum Gasteiger partial charge on any atom is -0.0622 e. The van der Waals surface area contributed by atoms with Gasteiger partial charge in [0.25, 0.3) is 0 Å². The zero-order chi connectivity index (χ0) is 17.6. The van der Waals surface area contributed by atoms with Gasteiger partial charge in [-0.05, 0) is 52.0 Å². The van der Waals surface area contributed by atoms with Crippen LogP contribution < -0.4 is 0 Å². The summed E-state index contributed by atoms with van der Waals surface area (Å²) in [5, 5.41) is 0. The average molecular weight is 328 g/mol. The Labute approximate surface area is 152 Å². The molecule has 128 valence electrons. The van der Waals surface area contributed by atoms with E-state index in [2.05, 4.69) is 88.4 Å². The van der Waals surface area contributed by atoms with Crippen LogP contribution in [0.2, 0.25) is 0 Å². The molecule has 0 aliphatic heterocycles. The van der Waals surface area contributed by atoms with Gasteiger partial charge in [0.05, 0.1) is 0 Å². The molecule has 0 saturated heterocycles. The van der Waals surface area contributed by atoms with E-state index in [4.69, 9.17) is 0 Å². The number of fused-ring (bicyclic) bond motifs is 1. The van der Waals surface area contributed by atoms with Gasteiger partial charge in [0, 0.05) is 5.92 Å². The SMILES string of the molecule is CC1CCC2C(c3ccccc3)=C(C(C)(C)C)C(c3ccccc3)=C12. The number of rotatable bonds is 2. The highest BCUT2D eigenvalue weighted by Crippen LogP contribution is 2.59. The molecule has 2 aromatic rings. The third-order valence-corrected chi connectivity index (χ3v) is 5.85. The summed E-state index contributed by atoms with van der Waals surface area (Å²) >= 11 is 0. The lowest BCUT2D eigenvalue weighted by Crippen LogP contribution is -2.12. The third-order valence-electron chi connectivity index (χ3n) is 5.85. The molecule has 2 aromatic carbocycles. The van der Waals surface area contributed by atoms with Gasteiger partial charge in [-0.15, -0.1) is 0 Å². The number of benzene rings is 2. The molecule has 1 fully saturated rings. The van der Waals surface area contributed by atoms with Crippen molar-refractivity contribution in [2.45, 2.75) is 40.5 Å². The van der Waals surface area contributed by atoms with Gasteiger partial charge < -0.3 is 0 Å². The highest BCUT2D eigenvalue weighted by molar-refractivity contribution is 5.99. The van der Waals surface area contributed by atoms with Crippen LogP contribution in [0.25, 0.3) is 11.1 Å². The van der Waals surface area contributed by atoms with Crippen LogP contribution in [0.4, 0.5) is 0 Å². The molecule has 0 nitrogen and oxygen atoms in total. The molecular weight excluding hydrogens is 300 g/mol. The molecule has 0 spiro atoms. The highest BCUT2D eigenvalue weighted by Gasteiger charge is 2.43. The second-order valence-corrected chi connectivity index (χ2v) is 8.63. The first-order valence-electron chi connectivity index (χ1n) is 9.58. The van der Waals surface area contributed by atoms with Crippen molar-refractivity contribution in [2.24, 2.45) is 17.3 Å². The predicted molar refractivity (Wildman–Crippen MR) is 108 cm³/mol. The monoisotopic (exact) mass is 328 g/mol. The molecule has 0 heteroatoms. The smallest absolute Gasteiger partial charge is 0.00694 e. The topological polar surface area (TPSA) is 0 Å². The Bertz CT molecular complexity index is 829. The second kappa shape index (κ2) is 6.02. The summed E-state index contributed by atoms with van der Waals surface area (Å²) in [6.07, 6.45) is 2.60. The van der Waals surface area contributed by atoms with Crippen LogP contribution in [0.1, 0.15) is 51.7 Å². The van der Waals surface area contributed by atoms with E-state index in [1.54, 1.807) is 22.3 Å². The maximum absolute atomic E-state index is 2.42. The van der Waals surface area contributed by atoms with E-state index < -0.39 is 0 Å². The van der Waals surface area contributed by atoms with Crippen molar-refractivity contribution in [1.82, 2.24) is 0 Å². The minimum absolute atomic E-state index is 0.132. The maximum Gasteiger partial charge on any atom is 0.00694 e. The largest absolute Gasteiger partial charge is 0.0622 e. The molecule has 0 N–H and O–H groups in total. The second-order valence-electron chi connectivity index (χ2n) is 8.63.